The molecule has 0 amide bonds. The molecule has 0 saturated carbocycles. The molecule has 0 radical (unpaired) electrons. The van der Waals surface area contributed by atoms with Crippen molar-refractivity contribution in [1.82, 2.24) is 0 Å². The van der Waals surface area contributed by atoms with E-state index in [0.717, 1.165) is 17.0 Å². The summed E-state index contributed by atoms with van der Waals surface area (Å²) in [5.41, 5.74) is 0.728. The molecule has 0 aliphatic carbocycles. The lowest BCUT2D eigenvalue weighted by molar-refractivity contribution is 0.214. The first-order chi connectivity index (χ1) is 9.02. The van der Waals surface area contributed by atoms with Crippen molar-refractivity contribution in [2.24, 2.45) is 0 Å². The maximum Gasteiger partial charge on any atom is 0.129 e. The summed E-state index contributed by atoms with van der Waals surface area (Å²) in [6.07, 6.45) is 0.784. The Hall–Kier alpha value is -1.39. The van der Waals surface area contributed by atoms with Crippen LogP contribution < -0.4 is 0 Å². The Bertz CT molecular complexity index is 581. The highest BCUT2D eigenvalue weighted by atomic mass is 32.2. The van der Waals surface area contributed by atoms with E-state index in [9.17, 15) is 13.9 Å². The molecule has 100 valence electrons. The van der Waals surface area contributed by atoms with Gasteiger partial charge in [-0.05, 0) is 48.6 Å². The molecule has 19 heavy (non-hydrogen) atoms. The van der Waals surface area contributed by atoms with Crippen LogP contribution in [0, 0.1) is 18.6 Å². The average molecular weight is 280 g/mol. The minimum absolute atomic E-state index is 0.0417. The minimum Gasteiger partial charge on any atom is -0.384 e. The SMILES string of the molecule is CSc1ccc(C(O)c2cc(F)c(C)cc2F)cc1. The summed E-state index contributed by atoms with van der Waals surface area (Å²) in [7, 11) is 0. The molecule has 0 fully saturated rings. The number of aliphatic hydroxyl groups excluding tert-OH is 1. The van der Waals surface area contributed by atoms with Crippen molar-refractivity contribution >= 4 is 11.8 Å². The van der Waals surface area contributed by atoms with E-state index in [0.29, 0.717) is 5.56 Å². The van der Waals surface area contributed by atoms with Crippen molar-refractivity contribution in [3.8, 4) is 0 Å². The third-order valence-corrected chi connectivity index (χ3v) is 3.75. The number of thioether (sulfide) groups is 1. The van der Waals surface area contributed by atoms with E-state index in [1.165, 1.54) is 6.92 Å². The van der Waals surface area contributed by atoms with Gasteiger partial charge >= 0.3 is 0 Å². The number of aryl methyl sites for hydroxylation is 1. The standard InChI is InChI=1S/C15H14F2OS/c1-9-7-14(17)12(8-13(9)16)15(18)10-3-5-11(19-2)6-4-10/h3-8,15,18H,1-2H3. The average Bonchev–Trinajstić information content (AvgIpc) is 2.42. The topological polar surface area (TPSA) is 20.2 Å². The van der Waals surface area contributed by atoms with E-state index in [1.54, 1.807) is 23.9 Å². The van der Waals surface area contributed by atoms with Crippen LogP contribution in [0.25, 0.3) is 0 Å². The largest absolute Gasteiger partial charge is 0.384 e. The van der Waals surface area contributed by atoms with Gasteiger partial charge in [-0.1, -0.05) is 12.1 Å². The molecule has 2 aromatic carbocycles. The maximum atomic E-state index is 13.8. The van der Waals surface area contributed by atoms with Crippen LogP contribution in [0.3, 0.4) is 0 Å². The van der Waals surface area contributed by atoms with E-state index in [2.05, 4.69) is 0 Å². The molecule has 1 N–H and O–H groups in total. The first-order valence-corrected chi connectivity index (χ1v) is 7.03. The Morgan fingerprint density at radius 3 is 2.26 bits per heavy atom. The molecule has 0 bridgehead atoms. The second kappa shape index (κ2) is 5.72. The molecule has 0 aliphatic rings. The summed E-state index contributed by atoms with van der Waals surface area (Å²) in [5, 5.41) is 10.1. The highest BCUT2D eigenvalue weighted by molar-refractivity contribution is 7.98. The summed E-state index contributed by atoms with van der Waals surface area (Å²) in [5.74, 6) is -1.11. The number of rotatable bonds is 3. The minimum atomic E-state index is -1.16. The van der Waals surface area contributed by atoms with Gasteiger partial charge in [-0.2, -0.15) is 0 Å². The molecule has 1 unspecified atom stereocenters. The zero-order valence-corrected chi connectivity index (χ0v) is 11.5. The van der Waals surface area contributed by atoms with Crippen LogP contribution in [0.15, 0.2) is 41.3 Å². The number of benzene rings is 2. The van der Waals surface area contributed by atoms with Crippen molar-refractivity contribution < 1.29 is 13.9 Å². The monoisotopic (exact) mass is 280 g/mol. The molecule has 4 heteroatoms. The molecule has 0 aromatic heterocycles. The Morgan fingerprint density at radius 1 is 1.05 bits per heavy atom. The molecule has 1 nitrogen and oxygen atoms in total. The Labute approximate surface area is 115 Å². The third kappa shape index (κ3) is 2.96. The van der Waals surface area contributed by atoms with Gasteiger partial charge in [-0.15, -0.1) is 11.8 Å². The molecule has 0 heterocycles. The molecule has 2 aromatic rings. The maximum absolute atomic E-state index is 13.8. The first kappa shape index (κ1) is 14.0. The van der Waals surface area contributed by atoms with Crippen molar-refractivity contribution in [3.63, 3.8) is 0 Å². The fourth-order valence-corrected chi connectivity index (χ4v) is 2.25. The summed E-state index contributed by atoms with van der Waals surface area (Å²) in [4.78, 5) is 1.05. The zero-order chi connectivity index (χ0) is 14.0. The van der Waals surface area contributed by atoms with E-state index >= 15 is 0 Å². The number of halogens is 2. The molecule has 1 atom stereocenters. The fourth-order valence-electron chi connectivity index (χ4n) is 1.84. The summed E-state index contributed by atoms with van der Waals surface area (Å²) < 4.78 is 27.3. The van der Waals surface area contributed by atoms with Gasteiger partial charge in [0.1, 0.15) is 17.7 Å². The van der Waals surface area contributed by atoms with Gasteiger partial charge < -0.3 is 5.11 Å². The van der Waals surface area contributed by atoms with Gasteiger partial charge in [-0.3, -0.25) is 0 Å². The lowest BCUT2D eigenvalue weighted by atomic mass is 9.99. The van der Waals surface area contributed by atoms with Crippen LogP contribution in [-0.4, -0.2) is 11.4 Å². The first-order valence-electron chi connectivity index (χ1n) is 5.80. The summed E-state index contributed by atoms with van der Waals surface area (Å²) in [6, 6.07) is 9.26. The van der Waals surface area contributed by atoms with Gasteiger partial charge in [-0.25, -0.2) is 8.78 Å². The number of hydrogen-bond donors (Lipinski definition) is 1. The van der Waals surface area contributed by atoms with E-state index in [1.807, 2.05) is 18.4 Å². The van der Waals surface area contributed by atoms with Gasteiger partial charge in [0.05, 0.1) is 0 Å². The van der Waals surface area contributed by atoms with Gasteiger partial charge in [0.2, 0.25) is 0 Å². The van der Waals surface area contributed by atoms with Crippen LogP contribution >= 0.6 is 11.8 Å². The predicted molar refractivity (Wildman–Crippen MR) is 73.4 cm³/mol. The number of hydrogen-bond acceptors (Lipinski definition) is 2. The Kier molecular flexibility index (Phi) is 4.22. The van der Waals surface area contributed by atoms with Gasteiger partial charge in [0.25, 0.3) is 0 Å². The van der Waals surface area contributed by atoms with E-state index < -0.39 is 17.7 Å². The molecule has 0 aliphatic heterocycles. The molecule has 2 rings (SSSR count). The van der Waals surface area contributed by atoms with Crippen LogP contribution in [0.2, 0.25) is 0 Å². The lowest BCUT2D eigenvalue weighted by Crippen LogP contribution is -2.04. The van der Waals surface area contributed by atoms with Crippen LogP contribution in [0.4, 0.5) is 8.78 Å². The van der Waals surface area contributed by atoms with Gasteiger partial charge in [0, 0.05) is 10.5 Å². The van der Waals surface area contributed by atoms with Crippen LogP contribution in [0.1, 0.15) is 22.8 Å². The Balaban J connectivity index is 2.37. The van der Waals surface area contributed by atoms with E-state index in [4.69, 9.17) is 0 Å². The second-order valence-electron chi connectivity index (χ2n) is 4.30. The second-order valence-corrected chi connectivity index (χ2v) is 5.18. The Morgan fingerprint density at radius 2 is 1.68 bits per heavy atom. The molecule has 0 saturated heterocycles. The molecular weight excluding hydrogens is 266 g/mol. The summed E-state index contributed by atoms with van der Waals surface area (Å²) >= 11 is 1.58. The summed E-state index contributed by atoms with van der Waals surface area (Å²) in [6.45, 7) is 1.49. The third-order valence-electron chi connectivity index (χ3n) is 3.00. The quantitative estimate of drug-likeness (QED) is 0.855. The zero-order valence-electron chi connectivity index (χ0n) is 10.7. The van der Waals surface area contributed by atoms with Crippen LogP contribution in [0.5, 0.6) is 0 Å². The highest BCUT2D eigenvalue weighted by Gasteiger charge is 2.17. The van der Waals surface area contributed by atoms with Gasteiger partial charge in [0.15, 0.2) is 0 Å². The van der Waals surface area contributed by atoms with Crippen molar-refractivity contribution in [2.45, 2.75) is 17.9 Å². The fraction of sp³-hybridized carbons (Fsp3) is 0.200. The van der Waals surface area contributed by atoms with Crippen molar-refractivity contribution in [3.05, 3.63) is 64.7 Å². The van der Waals surface area contributed by atoms with E-state index in [-0.39, 0.29) is 11.1 Å². The molecular formula is C15H14F2OS. The lowest BCUT2D eigenvalue weighted by Gasteiger charge is -2.13. The molecule has 0 spiro atoms. The van der Waals surface area contributed by atoms with Crippen molar-refractivity contribution in [2.75, 3.05) is 6.26 Å². The highest BCUT2D eigenvalue weighted by Crippen LogP contribution is 2.27. The normalized spacial score (nSPS) is 12.5. The van der Waals surface area contributed by atoms with Crippen LogP contribution in [-0.2, 0) is 0 Å². The smallest absolute Gasteiger partial charge is 0.129 e. The predicted octanol–water partition coefficient (Wildman–Crippen LogP) is 4.08. The number of aliphatic hydroxyl groups is 1. The van der Waals surface area contributed by atoms with Crippen molar-refractivity contribution in [1.29, 1.82) is 0 Å².